The molecule has 0 aliphatic carbocycles. The Kier molecular flexibility index (Phi) is 10.5. The predicted molar refractivity (Wildman–Crippen MR) is 125 cm³/mol. The standard InChI is InChI=1S/C24H35BrN2O2/c1-5-27(6-2)13-9-12-26-17-21-15-23(28-7-3)24(16-22(21)25)29-18-20-11-8-10-19(4)14-20/h8,10-11,14-16,26H,5-7,9,12-13,17-18H2,1-4H3. The van der Waals surface area contributed by atoms with Gasteiger partial charge in [-0.3, -0.25) is 0 Å². The van der Waals surface area contributed by atoms with Crippen molar-refractivity contribution in [1.29, 1.82) is 0 Å². The number of hydrogen-bond acceptors (Lipinski definition) is 4. The zero-order chi connectivity index (χ0) is 21.1. The number of rotatable bonds is 13. The fraction of sp³-hybridized carbons (Fsp3) is 0.500. The normalized spacial score (nSPS) is 11.1. The van der Waals surface area contributed by atoms with Crippen LogP contribution in [0.15, 0.2) is 40.9 Å². The quantitative estimate of drug-likeness (QED) is 0.395. The molecule has 29 heavy (non-hydrogen) atoms. The molecule has 0 atom stereocenters. The van der Waals surface area contributed by atoms with E-state index in [9.17, 15) is 0 Å². The van der Waals surface area contributed by atoms with E-state index in [0.29, 0.717) is 13.2 Å². The fourth-order valence-corrected chi connectivity index (χ4v) is 3.71. The number of aryl methyl sites for hydroxylation is 1. The van der Waals surface area contributed by atoms with Gasteiger partial charge in [-0.25, -0.2) is 0 Å². The van der Waals surface area contributed by atoms with Crippen LogP contribution < -0.4 is 14.8 Å². The molecule has 0 bridgehead atoms. The Hall–Kier alpha value is -1.56. The first-order valence-corrected chi connectivity index (χ1v) is 11.4. The molecule has 0 amide bonds. The van der Waals surface area contributed by atoms with Crippen molar-refractivity contribution in [2.75, 3.05) is 32.8 Å². The maximum absolute atomic E-state index is 6.08. The van der Waals surface area contributed by atoms with Gasteiger partial charge < -0.3 is 19.7 Å². The van der Waals surface area contributed by atoms with Crippen LogP contribution in [-0.4, -0.2) is 37.7 Å². The van der Waals surface area contributed by atoms with Crippen LogP contribution >= 0.6 is 15.9 Å². The van der Waals surface area contributed by atoms with Crippen LogP contribution in [0, 0.1) is 6.92 Å². The van der Waals surface area contributed by atoms with Crippen molar-refractivity contribution in [3.63, 3.8) is 0 Å². The Labute approximate surface area is 184 Å². The van der Waals surface area contributed by atoms with E-state index in [-0.39, 0.29) is 0 Å². The van der Waals surface area contributed by atoms with Gasteiger partial charge in [0, 0.05) is 11.0 Å². The zero-order valence-corrected chi connectivity index (χ0v) is 19.8. The summed E-state index contributed by atoms with van der Waals surface area (Å²) in [5.41, 5.74) is 3.57. The van der Waals surface area contributed by atoms with Crippen LogP contribution in [0.25, 0.3) is 0 Å². The topological polar surface area (TPSA) is 33.7 Å². The second-order valence-electron chi connectivity index (χ2n) is 7.16. The third kappa shape index (κ3) is 8.00. The maximum atomic E-state index is 6.08. The van der Waals surface area contributed by atoms with E-state index in [4.69, 9.17) is 9.47 Å². The van der Waals surface area contributed by atoms with E-state index in [1.807, 2.05) is 13.0 Å². The molecule has 0 heterocycles. The van der Waals surface area contributed by atoms with Gasteiger partial charge in [0.25, 0.3) is 0 Å². The van der Waals surface area contributed by atoms with Gasteiger partial charge in [-0.2, -0.15) is 0 Å². The fourth-order valence-electron chi connectivity index (χ4n) is 3.25. The molecule has 2 aromatic carbocycles. The second kappa shape index (κ2) is 12.9. The third-order valence-corrected chi connectivity index (χ3v) is 5.67. The van der Waals surface area contributed by atoms with Gasteiger partial charge in [0.2, 0.25) is 0 Å². The van der Waals surface area contributed by atoms with Gasteiger partial charge in [0.05, 0.1) is 6.61 Å². The Morgan fingerprint density at radius 1 is 1.00 bits per heavy atom. The minimum atomic E-state index is 0.525. The first kappa shape index (κ1) is 23.7. The molecule has 0 aliphatic heterocycles. The lowest BCUT2D eigenvalue weighted by Gasteiger charge is -2.18. The molecule has 0 unspecified atom stereocenters. The van der Waals surface area contributed by atoms with Crippen molar-refractivity contribution in [3.8, 4) is 11.5 Å². The number of nitrogens with zero attached hydrogens (tertiary/aromatic N) is 1. The molecular formula is C24H35BrN2O2. The Balaban J connectivity index is 1.95. The van der Waals surface area contributed by atoms with Crippen molar-refractivity contribution in [2.45, 2.75) is 47.3 Å². The molecule has 0 aromatic heterocycles. The van der Waals surface area contributed by atoms with Gasteiger partial charge in [0.15, 0.2) is 11.5 Å². The molecule has 0 radical (unpaired) electrons. The van der Waals surface area contributed by atoms with E-state index in [2.05, 4.69) is 77.2 Å². The SMILES string of the molecule is CCOc1cc(CNCCCN(CC)CC)c(Br)cc1OCc1cccc(C)c1. The summed E-state index contributed by atoms with van der Waals surface area (Å²) >= 11 is 3.70. The molecule has 0 fully saturated rings. The molecule has 160 valence electrons. The lowest BCUT2D eigenvalue weighted by atomic mass is 10.1. The van der Waals surface area contributed by atoms with E-state index in [1.165, 1.54) is 11.1 Å². The van der Waals surface area contributed by atoms with E-state index >= 15 is 0 Å². The molecule has 4 nitrogen and oxygen atoms in total. The summed E-state index contributed by atoms with van der Waals surface area (Å²) in [4.78, 5) is 2.45. The summed E-state index contributed by atoms with van der Waals surface area (Å²) < 4.78 is 13.0. The minimum absolute atomic E-state index is 0.525. The van der Waals surface area contributed by atoms with Crippen LogP contribution in [0.2, 0.25) is 0 Å². The highest BCUT2D eigenvalue weighted by atomic mass is 79.9. The average Bonchev–Trinajstić information content (AvgIpc) is 2.71. The van der Waals surface area contributed by atoms with Crippen LogP contribution in [0.5, 0.6) is 11.5 Å². The van der Waals surface area contributed by atoms with Gasteiger partial charge in [-0.05, 0) is 69.7 Å². The smallest absolute Gasteiger partial charge is 0.162 e. The van der Waals surface area contributed by atoms with Crippen molar-refractivity contribution < 1.29 is 9.47 Å². The van der Waals surface area contributed by atoms with Gasteiger partial charge in [-0.15, -0.1) is 0 Å². The maximum Gasteiger partial charge on any atom is 0.162 e. The highest BCUT2D eigenvalue weighted by Gasteiger charge is 2.11. The minimum Gasteiger partial charge on any atom is -0.490 e. The van der Waals surface area contributed by atoms with E-state index in [1.54, 1.807) is 0 Å². The van der Waals surface area contributed by atoms with Gasteiger partial charge in [0.1, 0.15) is 6.61 Å². The second-order valence-corrected chi connectivity index (χ2v) is 8.01. The highest BCUT2D eigenvalue weighted by Crippen LogP contribution is 2.34. The molecule has 5 heteroatoms. The number of halogens is 1. The number of hydrogen-bond donors (Lipinski definition) is 1. The van der Waals surface area contributed by atoms with Crippen LogP contribution in [0.3, 0.4) is 0 Å². The summed E-state index contributed by atoms with van der Waals surface area (Å²) in [6.07, 6.45) is 1.15. The molecule has 1 N–H and O–H groups in total. The zero-order valence-electron chi connectivity index (χ0n) is 18.3. The summed E-state index contributed by atoms with van der Waals surface area (Å²) in [6.45, 7) is 14.8. The Morgan fingerprint density at radius 3 is 2.45 bits per heavy atom. The molecule has 2 rings (SSSR count). The largest absolute Gasteiger partial charge is 0.490 e. The predicted octanol–water partition coefficient (Wildman–Crippen LogP) is 5.56. The Morgan fingerprint density at radius 2 is 1.76 bits per heavy atom. The van der Waals surface area contributed by atoms with Gasteiger partial charge >= 0.3 is 0 Å². The molecular weight excluding hydrogens is 428 g/mol. The lowest BCUT2D eigenvalue weighted by molar-refractivity contribution is 0.268. The van der Waals surface area contributed by atoms with E-state index < -0.39 is 0 Å². The Bertz CT molecular complexity index is 748. The van der Waals surface area contributed by atoms with Crippen molar-refractivity contribution in [2.24, 2.45) is 0 Å². The first-order chi connectivity index (χ1) is 14.1. The summed E-state index contributed by atoms with van der Waals surface area (Å²) in [5, 5.41) is 3.55. The molecule has 0 saturated heterocycles. The van der Waals surface area contributed by atoms with Crippen LogP contribution in [0.1, 0.15) is 43.9 Å². The average molecular weight is 463 g/mol. The van der Waals surface area contributed by atoms with E-state index in [0.717, 1.165) is 60.7 Å². The van der Waals surface area contributed by atoms with Gasteiger partial charge in [-0.1, -0.05) is 59.6 Å². The summed E-state index contributed by atoms with van der Waals surface area (Å²) in [6, 6.07) is 12.5. The lowest BCUT2D eigenvalue weighted by Crippen LogP contribution is -2.27. The van der Waals surface area contributed by atoms with Crippen LogP contribution in [-0.2, 0) is 13.2 Å². The summed E-state index contributed by atoms with van der Waals surface area (Å²) in [5.74, 6) is 1.56. The van der Waals surface area contributed by atoms with Crippen molar-refractivity contribution in [3.05, 3.63) is 57.6 Å². The number of nitrogens with one attached hydrogen (secondary N) is 1. The highest BCUT2D eigenvalue weighted by molar-refractivity contribution is 9.10. The molecule has 0 saturated carbocycles. The molecule has 0 aliphatic rings. The number of benzene rings is 2. The number of ether oxygens (including phenoxy) is 2. The van der Waals surface area contributed by atoms with Crippen molar-refractivity contribution in [1.82, 2.24) is 10.2 Å². The monoisotopic (exact) mass is 462 g/mol. The summed E-state index contributed by atoms with van der Waals surface area (Å²) in [7, 11) is 0. The third-order valence-electron chi connectivity index (χ3n) is 4.93. The molecule has 0 spiro atoms. The van der Waals surface area contributed by atoms with Crippen LogP contribution in [0.4, 0.5) is 0 Å². The molecule has 2 aromatic rings. The first-order valence-electron chi connectivity index (χ1n) is 10.6. The van der Waals surface area contributed by atoms with Crippen molar-refractivity contribution >= 4 is 15.9 Å².